The molecule has 0 aliphatic rings. The quantitative estimate of drug-likeness (QED) is 0.731. The number of rotatable bonds is 7. The van der Waals surface area contributed by atoms with E-state index < -0.39 is 0 Å². The topological polar surface area (TPSA) is 78.5 Å². The minimum atomic E-state index is -0.326. The van der Waals surface area contributed by atoms with Gasteiger partial charge in [-0.2, -0.15) is 0 Å². The number of carbonyl (C=O) groups excluding carboxylic acids is 3. The Kier molecular flexibility index (Phi) is 7.61. The van der Waals surface area contributed by atoms with Crippen LogP contribution >= 0.6 is 11.8 Å². The zero-order valence-corrected chi connectivity index (χ0v) is 14.7. The number of hydrogen-bond acceptors (Lipinski definition) is 4. The first-order valence-corrected chi connectivity index (χ1v) is 8.29. The van der Waals surface area contributed by atoms with Crippen LogP contribution in [0, 0.1) is 0 Å². The standard InChI is InChI=1S/C16H23N3O3S/c1-11(2)18-14(20)10-23-13-8-6-5-7-12(13)16(22)17-9-15(21)19(3)4/h5-8,11H,9-10H2,1-4H3,(H,17,22)(H,18,20). The Morgan fingerprint density at radius 1 is 1.17 bits per heavy atom. The van der Waals surface area contributed by atoms with E-state index in [0.717, 1.165) is 0 Å². The highest BCUT2D eigenvalue weighted by Crippen LogP contribution is 2.22. The number of carbonyl (C=O) groups is 3. The number of likely N-dealkylation sites (N-methyl/N-ethyl adjacent to an activating group) is 1. The molecule has 1 aromatic carbocycles. The molecule has 0 unspecified atom stereocenters. The number of nitrogens with zero attached hydrogens (tertiary/aromatic N) is 1. The average Bonchev–Trinajstić information content (AvgIpc) is 2.49. The van der Waals surface area contributed by atoms with Crippen LogP contribution < -0.4 is 10.6 Å². The SMILES string of the molecule is CC(C)NC(=O)CSc1ccccc1C(=O)NCC(=O)N(C)C. The van der Waals surface area contributed by atoms with Crippen molar-refractivity contribution in [1.29, 1.82) is 0 Å². The molecule has 0 fully saturated rings. The van der Waals surface area contributed by atoms with Gasteiger partial charge in [-0.15, -0.1) is 11.8 Å². The highest BCUT2D eigenvalue weighted by atomic mass is 32.2. The molecule has 23 heavy (non-hydrogen) atoms. The van der Waals surface area contributed by atoms with E-state index in [1.807, 2.05) is 19.9 Å². The van der Waals surface area contributed by atoms with Crippen molar-refractivity contribution in [3.8, 4) is 0 Å². The maximum Gasteiger partial charge on any atom is 0.252 e. The molecule has 6 nitrogen and oxygen atoms in total. The van der Waals surface area contributed by atoms with Gasteiger partial charge in [0, 0.05) is 25.0 Å². The minimum absolute atomic E-state index is 0.0569. The molecule has 7 heteroatoms. The number of hydrogen-bond donors (Lipinski definition) is 2. The first-order valence-electron chi connectivity index (χ1n) is 7.30. The minimum Gasteiger partial charge on any atom is -0.353 e. The van der Waals surface area contributed by atoms with Crippen molar-refractivity contribution in [2.75, 3.05) is 26.4 Å². The highest BCUT2D eigenvalue weighted by Gasteiger charge is 2.14. The van der Waals surface area contributed by atoms with E-state index in [-0.39, 0.29) is 36.1 Å². The summed E-state index contributed by atoms with van der Waals surface area (Å²) in [5.74, 6) is -0.352. The number of thioether (sulfide) groups is 1. The number of amides is 3. The fourth-order valence-electron chi connectivity index (χ4n) is 1.70. The molecule has 0 bridgehead atoms. The monoisotopic (exact) mass is 337 g/mol. The van der Waals surface area contributed by atoms with Crippen LogP contribution in [0.1, 0.15) is 24.2 Å². The maximum atomic E-state index is 12.2. The Morgan fingerprint density at radius 2 is 1.83 bits per heavy atom. The van der Waals surface area contributed by atoms with E-state index in [9.17, 15) is 14.4 Å². The smallest absolute Gasteiger partial charge is 0.252 e. The second-order valence-corrected chi connectivity index (χ2v) is 6.50. The summed E-state index contributed by atoms with van der Waals surface area (Å²) in [6.07, 6.45) is 0. The van der Waals surface area contributed by atoms with Crippen LogP contribution in [0.15, 0.2) is 29.2 Å². The number of nitrogens with one attached hydrogen (secondary N) is 2. The third-order valence-electron chi connectivity index (χ3n) is 2.84. The summed E-state index contributed by atoms with van der Waals surface area (Å²) in [4.78, 5) is 37.6. The fraction of sp³-hybridized carbons (Fsp3) is 0.438. The lowest BCUT2D eigenvalue weighted by atomic mass is 10.2. The third-order valence-corrected chi connectivity index (χ3v) is 3.91. The lowest BCUT2D eigenvalue weighted by molar-refractivity contribution is -0.127. The average molecular weight is 337 g/mol. The third kappa shape index (κ3) is 6.73. The van der Waals surface area contributed by atoms with Crippen molar-refractivity contribution in [3.63, 3.8) is 0 Å². The van der Waals surface area contributed by atoms with E-state index in [4.69, 9.17) is 0 Å². The molecule has 0 saturated heterocycles. The second kappa shape index (κ2) is 9.19. The maximum absolute atomic E-state index is 12.2. The summed E-state index contributed by atoms with van der Waals surface area (Å²) >= 11 is 1.30. The van der Waals surface area contributed by atoms with E-state index in [2.05, 4.69) is 10.6 Å². The Bertz CT molecular complexity index is 573. The molecule has 0 radical (unpaired) electrons. The van der Waals surface area contributed by atoms with Crippen LogP contribution in [0.4, 0.5) is 0 Å². The predicted molar refractivity (Wildman–Crippen MR) is 91.5 cm³/mol. The Morgan fingerprint density at radius 3 is 2.43 bits per heavy atom. The van der Waals surface area contributed by atoms with Gasteiger partial charge in [-0.1, -0.05) is 12.1 Å². The van der Waals surface area contributed by atoms with Gasteiger partial charge >= 0.3 is 0 Å². The van der Waals surface area contributed by atoms with Gasteiger partial charge in [0.25, 0.3) is 5.91 Å². The van der Waals surface area contributed by atoms with Gasteiger partial charge in [0.15, 0.2) is 0 Å². The zero-order valence-electron chi connectivity index (χ0n) is 13.9. The normalized spacial score (nSPS) is 10.3. The van der Waals surface area contributed by atoms with Gasteiger partial charge in [-0.3, -0.25) is 14.4 Å². The molecule has 0 saturated carbocycles. The van der Waals surface area contributed by atoms with Gasteiger partial charge in [0.2, 0.25) is 11.8 Å². The molecular formula is C16H23N3O3S. The van der Waals surface area contributed by atoms with Gasteiger partial charge in [-0.05, 0) is 26.0 Å². The van der Waals surface area contributed by atoms with Crippen LogP contribution in [0.25, 0.3) is 0 Å². The van der Waals surface area contributed by atoms with E-state index in [1.54, 1.807) is 32.3 Å². The van der Waals surface area contributed by atoms with E-state index in [1.165, 1.54) is 16.7 Å². The summed E-state index contributed by atoms with van der Waals surface area (Å²) < 4.78 is 0. The van der Waals surface area contributed by atoms with Crippen LogP contribution in [0.2, 0.25) is 0 Å². The largest absolute Gasteiger partial charge is 0.353 e. The van der Waals surface area contributed by atoms with Crippen LogP contribution in [0.5, 0.6) is 0 Å². The molecular weight excluding hydrogens is 314 g/mol. The van der Waals surface area contributed by atoms with Gasteiger partial charge in [0.1, 0.15) is 0 Å². The zero-order chi connectivity index (χ0) is 17.4. The number of benzene rings is 1. The molecule has 1 aromatic rings. The van der Waals surface area contributed by atoms with Crippen molar-refractivity contribution < 1.29 is 14.4 Å². The summed E-state index contributed by atoms with van der Waals surface area (Å²) in [6.45, 7) is 3.73. The fourth-order valence-corrected chi connectivity index (χ4v) is 2.56. The van der Waals surface area contributed by atoms with Gasteiger partial charge < -0.3 is 15.5 Å². The molecule has 3 amide bonds. The summed E-state index contributed by atoms with van der Waals surface area (Å²) in [5.41, 5.74) is 0.460. The molecule has 1 rings (SSSR count). The molecule has 0 aliphatic carbocycles. The van der Waals surface area contributed by atoms with Crippen molar-refractivity contribution in [2.45, 2.75) is 24.8 Å². The van der Waals surface area contributed by atoms with Gasteiger partial charge in [-0.25, -0.2) is 0 Å². The van der Waals surface area contributed by atoms with Gasteiger partial charge in [0.05, 0.1) is 17.9 Å². The molecule has 2 N–H and O–H groups in total. The molecule has 0 aromatic heterocycles. The van der Waals surface area contributed by atoms with E-state index in [0.29, 0.717) is 10.5 Å². The molecule has 0 heterocycles. The second-order valence-electron chi connectivity index (χ2n) is 5.48. The predicted octanol–water partition coefficient (Wildman–Crippen LogP) is 1.12. The summed E-state index contributed by atoms with van der Waals surface area (Å²) in [7, 11) is 3.26. The first-order chi connectivity index (χ1) is 10.8. The molecule has 126 valence electrons. The van der Waals surface area contributed by atoms with Crippen LogP contribution in [-0.4, -0.2) is 55.1 Å². The Hall–Kier alpha value is -2.02. The summed E-state index contributed by atoms with van der Waals surface area (Å²) in [6, 6.07) is 7.11. The Labute approximate surface area is 141 Å². The van der Waals surface area contributed by atoms with Crippen LogP contribution in [-0.2, 0) is 9.59 Å². The Balaban J connectivity index is 2.67. The van der Waals surface area contributed by atoms with Crippen LogP contribution in [0.3, 0.4) is 0 Å². The lowest BCUT2D eigenvalue weighted by Crippen LogP contribution is -2.36. The highest BCUT2D eigenvalue weighted by molar-refractivity contribution is 8.00. The van der Waals surface area contributed by atoms with Crippen molar-refractivity contribution in [1.82, 2.24) is 15.5 Å². The molecule has 0 spiro atoms. The first kappa shape index (κ1) is 19.0. The van der Waals surface area contributed by atoms with E-state index >= 15 is 0 Å². The van der Waals surface area contributed by atoms with Crippen molar-refractivity contribution >= 4 is 29.5 Å². The molecule has 0 atom stereocenters. The van der Waals surface area contributed by atoms with Crippen molar-refractivity contribution in [2.24, 2.45) is 0 Å². The molecule has 0 aliphatic heterocycles. The lowest BCUT2D eigenvalue weighted by Gasteiger charge is -2.13. The van der Waals surface area contributed by atoms with Crippen molar-refractivity contribution in [3.05, 3.63) is 29.8 Å². The summed E-state index contributed by atoms with van der Waals surface area (Å²) in [5, 5.41) is 5.40.